The SMILES string of the molecule is CC(C)c1cc(-c2cccc(CC(C(=O)O)c3ccc(S(C)(=O)=O)cc3)c2)c2ncccc2c1. The number of aromatic nitrogens is 1. The number of rotatable bonds is 7. The molecule has 0 saturated heterocycles. The van der Waals surface area contributed by atoms with Crippen LogP contribution in [0.2, 0.25) is 0 Å². The van der Waals surface area contributed by atoms with Crippen molar-refractivity contribution in [2.75, 3.05) is 6.26 Å². The first kappa shape index (κ1) is 23.6. The number of sulfone groups is 1. The summed E-state index contributed by atoms with van der Waals surface area (Å²) in [5, 5.41) is 11.0. The van der Waals surface area contributed by atoms with Gasteiger partial charge in [-0.3, -0.25) is 9.78 Å². The Bertz CT molecular complexity index is 1460. The number of hydrogen-bond acceptors (Lipinski definition) is 4. The molecule has 5 nitrogen and oxygen atoms in total. The van der Waals surface area contributed by atoms with Crippen LogP contribution in [0, 0.1) is 0 Å². The summed E-state index contributed by atoms with van der Waals surface area (Å²) in [5.74, 6) is -1.38. The quantitative estimate of drug-likeness (QED) is 0.364. The molecule has 0 bridgehead atoms. The summed E-state index contributed by atoms with van der Waals surface area (Å²) in [4.78, 5) is 16.9. The smallest absolute Gasteiger partial charge is 0.311 e. The molecule has 4 rings (SSSR count). The van der Waals surface area contributed by atoms with Crippen molar-refractivity contribution in [1.29, 1.82) is 0 Å². The molecule has 4 aromatic rings. The summed E-state index contributed by atoms with van der Waals surface area (Å²) in [5.41, 5.74) is 5.59. The van der Waals surface area contributed by atoms with E-state index in [0.29, 0.717) is 11.5 Å². The van der Waals surface area contributed by atoms with Gasteiger partial charge in [0.15, 0.2) is 9.84 Å². The Morgan fingerprint density at radius 3 is 2.32 bits per heavy atom. The van der Waals surface area contributed by atoms with Gasteiger partial charge in [0.05, 0.1) is 16.3 Å². The number of nitrogens with zero attached hydrogens (tertiary/aromatic N) is 1. The number of benzene rings is 3. The molecule has 6 heteroatoms. The van der Waals surface area contributed by atoms with E-state index < -0.39 is 21.7 Å². The van der Waals surface area contributed by atoms with Crippen LogP contribution in [0.3, 0.4) is 0 Å². The molecule has 0 aliphatic carbocycles. The van der Waals surface area contributed by atoms with Crippen molar-refractivity contribution in [3.05, 3.63) is 95.7 Å². The first-order valence-corrected chi connectivity index (χ1v) is 13.0. The van der Waals surface area contributed by atoms with E-state index in [4.69, 9.17) is 0 Å². The maximum absolute atomic E-state index is 12.1. The molecule has 0 aliphatic rings. The highest BCUT2D eigenvalue weighted by Gasteiger charge is 2.21. The predicted octanol–water partition coefficient (Wildman–Crippen LogP) is 5.84. The lowest BCUT2D eigenvalue weighted by Crippen LogP contribution is -2.14. The molecule has 0 saturated carbocycles. The lowest BCUT2D eigenvalue weighted by Gasteiger charge is -2.16. The van der Waals surface area contributed by atoms with E-state index in [2.05, 4.69) is 37.0 Å². The topological polar surface area (TPSA) is 84.3 Å². The second-order valence-corrected chi connectivity index (χ2v) is 11.0. The lowest BCUT2D eigenvalue weighted by atomic mass is 9.89. The number of carbonyl (C=O) groups is 1. The third-order valence-corrected chi connectivity index (χ3v) is 7.21. The standard InChI is InChI=1S/C28H27NO4S/c1-18(2)23-16-22-8-5-13-29-27(22)25(17-23)21-7-4-6-19(14-21)15-26(28(30)31)20-9-11-24(12-10-20)34(3,32)33/h4-14,16-18,26H,15H2,1-3H3,(H,30,31). The Labute approximate surface area is 200 Å². The summed E-state index contributed by atoms with van der Waals surface area (Å²) in [7, 11) is -3.34. The minimum atomic E-state index is -3.34. The van der Waals surface area contributed by atoms with Gasteiger partial charge in [-0.05, 0) is 64.9 Å². The average Bonchev–Trinajstić information content (AvgIpc) is 2.81. The minimum Gasteiger partial charge on any atom is -0.481 e. The number of carboxylic acid groups (broad SMARTS) is 1. The van der Waals surface area contributed by atoms with Gasteiger partial charge in [-0.1, -0.05) is 56.3 Å². The van der Waals surface area contributed by atoms with Crippen molar-refractivity contribution >= 4 is 26.7 Å². The van der Waals surface area contributed by atoms with Crippen LogP contribution in [0.4, 0.5) is 0 Å². The van der Waals surface area contributed by atoms with E-state index in [0.717, 1.165) is 33.8 Å². The second-order valence-electron chi connectivity index (χ2n) is 8.93. The monoisotopic (exact) mass is 473 g/mol. The molecule has 1 heterocycles. The second kappa shape index (κ2) is 9.39. The van der Waals surface area contributed by atoms with E-state index in [1.807, 2.05) is 30.3 Å². The number of fused-ring (bicyclic) bond motifs is 1. The summed E-state index contributed by atoms with van der Waals surface area (Å²) < 4.78 is 23.5. The van der Waals surface area contributed by atoms with Crippen molar-refractivity contribution in [2.24, 2.45) is 0 Å². The average molecular weight is 474 g/mol. The molecule has 1 N–H and O–H groups in total. The highest BCUT2D eigenvalue weighted by Crippen LogP contribution is 2.33. The van der Waals surface area contributed by atoms with Gasteiger partial charge in [0.25, 0.3) is 0 Å². The molecule has 0 fully saturated rings. The number of hydrogen-bond donors (Lipinski definition) is 1. The Morgan fingerprint density at radius 1 is 0.941 bits per heavy atom. The molecule has 0 amide bonds. The minimum absolute atomic E-state index is 0.173. The molecule has 0 radical (unpaired) electrons. The van der Waals surface area contributed by atoms with E-state index >= 15 is 0 Å². The Kier molecular flexibility index (Phi) is 6.53. The van der Waals surface area contributed by atoms with Crippen molar-refractivity contribution in [1.82, 2.24) is 4.98 Å². The van der Waals surface area contributed by atoms with Gasteiger partial charge in [-0.2, -0.15) is 0 Å². The van der Waals surface area contributed by atoms with E-state index in [-0.39, 0.29) is 11.3 Å². The fraction of sp³-hybridized carbons (Fsp3) is 0.214. The van der Waals surface area contributed by atoms with Gasteiger partial charge in [0.1, 0.15) is 0 Å². The van der Waals surface area contributed by atoms with Crippen molar-refractivity contribution < 1.29 is 18.3 Å². The van der Waals surface area contributed by atoms with Gasteiger partial charge in [-0.25, -0.2) is 8.42 Å². The van der Waals surface area contributed by atoms with Gasteiger partial charge >= 0.3 is 5.97 Å². The summed E-state index contributed by atoms with van der Waals surface area (Å²) >= 11 is 0. The van der Waals surface area contributed by atoms with Crippen LogP contribution in [0.15, 0.2) is 83.9 Å². The van der Waals surface area contributed by atoms with Crippen LogP contribution in [-0.2, 0) is 21.1 Å². The van der Waals surface area contributed by atoms with Crippen LogP contribution in [0.1, 0.15) is 42.4 Å². The van der Waals surface area contributed by atoms with Crippen molar-refractivity contribution in [2.45, 2.75) is 37.0 Å². The fourth-order valence-electron chi connectivity index (χ4n) is 4.17. The van der Waals surface area contributed by atoms with Gasteiger partial charge < -0.3 is 5.11 Å². The summed E-state index contributed by atoms with van der Waals surface area (Å²) in [6.45, 7) is 4.31. The molecule has 34 heavy (non-hydrogen) atoms. The van der Waals surface area contributed by atoms with Crippen LogP contribution in [0.25, 0.3) is 22.0 Å². The fourth-order valence-corrected chi connectivity index (χ4v) is 4.80. The van der Waals surface area contributed by atoms with E-state index in [1.165, 1.54) is 17.7 Å². The Morgan fingerprint density at radius 2 is 1.68 bits per heavy atom. The zero-order valence-corrected chi connectivity index (χ0v) is 20.2. The highest BCUT2D eigenvalue weighted by molar-refractivity contribution is 7.90. The summed E-state index contributed by atoms with van der Waals surface area (Å²) in [6.07, 6.45) is 3.21. The van der Waals surface area contributed by atoms with Gasteiger partial charge in [0.2, 0.25) is 0 Å². The highest BCUT2D eigenvalue weighted by atomic mass is 32.2. The first-order chi connectivity index (χ1) is 16.1. The molecular formula is C28H27NO4S. The van der Waals surface area contributed by atoms with Gasteiger partial charge in [0, 0.05) is 23.4 Å². The molecule has 1 aromatic heterocycles. The number of carboxylic acids is 1. The predicted molar refractivity (Wildman–Crippen MR) is 135 cm³/mol. The van der Waals surface area contributed by atoms with Gasteiger partial charge in [-0.15, -0.1) is 0 Å². The normalized spacial score (nSPS) is 12.7. The molecule has 0 spiro atoms. The van der Waals surface area contributed by atoms with Crippen LogP contribution >= 0.6 is 0 Å². The van der Waals surface area contributed by atoms with Crippen molar-refractivity contribution in [3.63, 3.8) is 0 Å². The first-order valence-electron chi connectivity index (χ1n) is 11.1. The third-order valence-electron chi connectivity index (χ3n) is 6.08. The van der Waals surface area contributed by atoms with Crippen LogP contribution < -0.4 is 0 Å². The molecule has 1 unspecified atom stereocenters. The molecule has 174 valence electrons. The van der Waals surface area contributed by atoms with Crippen LogP contribution in [0.5, 0.6) is 0 Å². The molecule has 0 aliphatic heterocycles. The Hall–Kier alpha value is -3.51. The summed E-state index contributed by atoms with van der Waals surface area (Å²) in [6, 6.07) is 22.3. The Balaban J connectivity index is 1.72. The van der Waals surface area contributed by atoms with Crippen molar-refractivity contribution in [3.8, 4) is 11.1 Å². The van der Waals surface area contributed by atoms with E-state index in [1.54, 1.807) is 18.3 Å². The third kappa shape index (κ3) is 5.02. The maximum Gasteiger partial charge on any atom is 0.311 e. The largest absolute Gasteiger partial charge is 0.481 e. The number of pyridine rings is 1. The van der Waals surface area contributed by atoms with Crippen LogP contribution in [-0.4, -0.2) is 30.7 Å². The molecule has 1 atom stereocenters. The number of aliphatic carboxylic acids is 1. The zero-order valence-electron chi connectivity index (χ0n) is 19.4. The molecule has 3 aromatic carbocycles. The molecular weight excluding hydrogens is 446 g/mol. The van der Waals surface area contributed by atoms with E-state index in [9.17, 15) is 18.3 Å². The lowest BCUT2D eigenvalue weighted by molar-refractivity contribution is -0.138. The zero-order chi connectivity index (χ0) is 24.5. The maximum atomic E-state index is 12.1.